The molecular weight excluding hydrogens is 268 g/mol. The third-order valence-corrected chi connectivity index (χ3v) is 4.85. The first-order valence-electron chi connectivity index (χ1n) is 7.31. The zero-order chi connectivity index (χ0) is 15.8. The first-order valence-corrected chi connectivity index (χ1v) is 7.31. The quantitative estimate of drug-likeness (QED) is 0.866. The molecule has 1 aromatic heterocycles. The second kappa shape index (κ2) is 5.16. The van der Waals surface area contributed by atoms with E-state index in [9.17, 15) is 9.59 Å². The molecule has 1 fully saturated rings. The van der Waals surface area contributed by atoms with E-state index in [4.69, 9.17) is 0 Å². The van der Waals surface area contributed by atoms with Crippen LogP contribution in [0.2, 0.25) is 0 Å². The van der Waals surface area contributed by atoms with Crippen LogP contribution in [-0.4, -0.2) is 28.1 Å². The van der Waals surface area contributed by atoms with Gasteiger partial charge in [-0.3, -0.25) is 14.3 Å². The van der Waals surface area contributed by atoms with Crippen LogP contribution in [0.15, 0.2) is 12.3 Å². The lowest BCUT2D eigenvalue weighted by molar-refractivity contribution is -0.121. The minimum Gasteiger partial charge on any atom is -0.355 e. The minimum absolute atomic E-state index is 0.000656. The van der Waals surface area contributed by atoms with Crippen LogP contribution in [0, 0.1) is 16.7 Å². The van der Waals surface area contributed by atoms with Crippen LogP contribution in [0.4, 0.5) is 5.82 Å². The Balaban J connectivity index is 1.95. The molecule has 0 radical (unpaired) electrons. The lowest BCUT2D eigenvalue weighted by atomic mass is 10.0. The number of rotatable bonds is 5. The van der Waals surface area contributed by atoms with Crippen molar-refractivity contribution in [2.24, 2.45) is 16.7 Å². The molecule has 1 heterocycles. The number of carbonyl (C=O) groups excluding carboxylic acids is 2. The van der Waals surface area contributed by atoms with E-state index in [0.717, 1.165) is 0 Å². The zero-order valence-electron chi connectivity index (χ0n) is 13.4. The van der Waals surface area contributed by atoms with Crippen LogP contribution in [0.25, 0.3) is 0 Å². The standard InChI is InChI=1S/C15H24N4O2/c1-6-16-11(20)9-19-8-7-10(18-19)17-13(21)12-14(2,3)15(12,4)5/h7-8,12H,6,9H2,1-5H3,(H,16,20)(H,17,18,21). The van der Waals surface area contributed by atoms with E-state index in [1.165, 1.54) is 4.68 Å². The highest BCUT2D eigenvalue weighted by Gasteiger charge is 2.68. The van der Waals surface area contributed by atoms with Crippen LogP contribution in [0.5, 0.6) is 0 Å². The Hall–Kier alpha value is -1.85. The Morgan fingerprint density at radius 1 is 1.29 bits per heavy atom. The number of aromatic nitrogens is 2. The summed E-state index contributed by atoms with van der Waals surface area (Å²) in [4.78, 5) is 23.8. The molecule has 1 aliphatic carbocycles. The Morgan fingerprint density at radius 3 is 2.43 bits per heavy atom. The summed E-state index contributed by atoms with van der Waals surface area (Å²) in [5, 5.41) is 9.75. The summed E-state index contributed by atoms with van der Waals surface area (Å²) < 4.78 is 1.52. The lowest BCUT2D eigenvalue weighted by Gasteiger charge is -2.04. The maximum Gasteiger partial charge on any atom is 0.241 e. The number of hydrogen-bond donors (Lipinski definition) is 2. The number of likely N-dealkylation sites (N-methyl/N-ethyl adjacent to an activating group) is 1. The largest absolute Gasteiger partial charge is 0.355 e. The van der Waals surface area contributed by atoms with Crippen molar-refractivity contribution < 1.29 is 9.59 Å². The average Bonchev–Trinajstić information content (AvgIpc) is 2.65. The fraction of sp³-hybridized carbons (Fsp3) is 0.667. The molecular formula is C15H24N4O2. The molecule has 6 nitrogen and oxygen atoms in total. The van der Waals surface area contributed by atoms with Crippen LogP contribution >= 0.6 is 0 Å². The summed E-state index contributed by atoms with van der Waals surface area (Å²) in [7, 11) is 0. The molecule has 6 heteroatoms. The molecule has 0 spiro atoms. The summed E-state index contributed by atoms with van der Waals surface area (Å²) in [6.07, 6.45) is 1.69. The number of nitrogens with one attached hydrogen (secondary N) is 2. The van der Waals surface area contributed by atoms with Gasteiger partial charge in [-0.05, 0) is 17.8 Å². The van der Waals surface area contributed by atoms with Crippen molar-refractivity contribution in [1.29, 1.82) is 0 Å². The Morgan fingerprint density at radius 2 is 1.90 bits per heavy atom. The molecule has 0 saturated heterocycles. The molecule has 1 saturated carbocycles. The van der Waals surface area contributed by atoms with Crippen molar-refractivity contribution in [3.63, 3.8) is 0 Å². The number of amides is 2. The maximum atomic E-state index is 12.3. The van der Waals surface area contributed by atoms with Gasteiger partial charge in [-0.2, -0.15) is 5.10 Å². The van der Waals surface area contributed by atoms with Crippen molar-refractivity contribution in [2.75, 3.05) is 11.9 Å². The van der Waals surface area contributed by atoms with Gasteiger partial charge in [0.15, 0.2) is 5.82 Å². The van der Waals surface area contributed by atoms with E-state index in [-0.39, 0.29) is 35.1 Å². The maximum absolute atomic E-state index is 12.3. The first kappa shape index (κ1) is 15.5. The van der Waals surface area contributed by atoms with Crippen LogP contribution in [-0.2, 0) is 16.1 Å². The summed E-state index contributed by atoms with van der Waals surface area (Å²) in [5.74, 6) is 0.373. The molecule has 116 valence electrons. The monoisotopic (exact) mass is 292 g/mol. The SMILES string of the molecule is CCNC(=O)Cn1ccc(NC(=O)C2C(C)(C)C2(C)C)n1. The van der Waals surface area contributed by atoms with Crippen molar-refractivity contribution in [3.05, 3.63) is 12.3 Å². The van der Waals surface area contributed by atoms with Gasteiger partial charge >= 0.3 is 0 Å². The third kappa shape index (κ3) is 2.80. The molecule has 0 bridgehead atoms. The molecule has 1 aliphatic rings. The van der Waals surface area contributed by atoms with Crippen LogP contribution in [0.3, 0.4) is 0 Å². The normalized spacial score (nSPS) is 19.1. The molecule has 0 aromatic carbocycles. The van der Waals surface area contributed by atoms with E-state index in [2.05, 4.69) is 43.4 Å². The van der Waals surface area contributed by atoms with Crippen molar-refractivity contribution in [1.82, 2.24) is 15.1 Å². The van der Waals surface area contributed by atoms with Crippen molar-refractivity contribution in [2.45, 2.75) is 41.2 Å². The minimum atomic E-state index is -0.0945. The third-order valence-electron chi connectivity index (χ3n) is 4.85. The Labute approximate surface area is 125 Å². The molecule has 1 aromatic rings. The predicted octanol–water partition coefficient (Wildman–Crippen LogP) is 1.64. The molecule has 2 N–H and O–H groups in total. The fourth-order valence-electron chi connectivity index (χ4n) is 2.97. The molecule has 2 amide bonds. The van der Waals surface area contributed by atoms with Gasteiger partial charge in [-0.15, -0.1) is 0 Å². The van der Waals surface area contributed by atoms with Gasteiger partial charge in [-0.25, -0.2) is 0 Å². The number of nitrogens with zero attached hydrogens (tertiary/aromatic N) is 2. The van der Waals surface area contributed by atoms with Gasteiger partial charge in [0.25, 0.3) is 0 Å². The van der Waals surface area contributed by atoms with Gasteiger partial charge in [0, 0.05) is 24.7 Å². The van der Waals surface area contributed by atoms with E-state index in [1.54, 1.807) is 12.3 Å². The predicted molar refractivity (Wildman–Crippen MR) is 80.6 cm³/mol. The van der Waals surface area contributed by atoms with Crippen molar-refractivity contribution in [3.8, 4) is 0 Å². The fourth-order valence-corrected chi connectivity index (χ4v) is 2.97. The van der Waals surface area contributed by atoms with Crippen LogP contribution in [0.1, 0.15) is 34.6 Å². The van der Waals surface area contributed by atoms with Gasteiger partial charge in [-0.1, -0.05) is 27.7 Å². The smallest absolute Gasteiger partial charge is 0.241 e. The number of carbonyl (C=O) groups is 2. The van der Waals surface area contributed by atoms with Gasteiger partial charge in [0.1, 0.15) is 6.54 Å². The topological polar surface area (TPSA) is 76.0 Å². The Bertz CT molecular complexity index is 546. The molecule has 21 heavy (non-hydrogen) atoms. The highest BCUT2D eigenvalue weighted by atomic mass is 16.2. The van der Waals surface area contributed by atoms with Gasteiger partial charge in [0.2, 0.25) is 11.8 Å². The summed E-state index contributed by atoms with van der Waals surface area (Å²) in [6, 6.07) is 1.71. The molecule has 0 atom stereocenters. The van der Waals surface area contributed by atoms with Crippen LogP contribution < -0.4 is 10.6 Å². The van der Waals surface area contributed by atoms with E-state index < -0.39 is 0 Å². The van der Waals surface area contributed by atoms with Gasteiger partial charge < -0.3 is 10.6 Å². The number of hydrogen-bond acceptors (Lipinski definition) is 3. The average molecular weight is 292 g/mol. The lowest BCUT2D eigenvalue weighted by Crippen LogP contribution is -2.27. The van der Waals surface area contributed by atoms with E-state index in [0.29, 0.717) is 12.4 Å². The highest BCUT2D eigenvalue weighted by molar-refractivity contribution is 5.95. The van der Waals surface area contributed by atoms with E-state index in [1.807, 2.05) is 6.92 Å². The molecule has 0 aliphatic heterocycles. The first-order chi connectivity index (χ1) is 9.70. The zero-order valence-corrected chi connectivity index (χ0v) is 13.4. The summed E-state index contributed by atoms with van der Waals surface area (Å²) >= 11 is 0. The second-order valence-corrected chi connectivity index (χ2v) is 6.72. The van der Waals surface area contributed by atoms with Crippen molar-refractivity contribution >= 4 is 17.6 Å². The Kier molecular flexibility index (Phi) is 3.82. The van der Waals surface area contributed by atoms with Gasteiger partial charge in [0.05, 0.1) is 0 Å². The molecule has 0 unspecified atom stereocenters. The molecule has 2 rings (SSSR count). The highest BCUT2D eigenvalue weighted by Crippen LogP contribution is 2.68. The summed E-state index contributed by atoms with van der Waals surface area (Å²) in [5.41, 5.74) is 0.00131. The summed E-state index contributed by atoms with van der Waals surface area (Å²) in [6.45, 7) is 11.0. The number of anilines is 1. The van der Waals surface area contributed by atoms with E-state index >= 15 is 0 Å². The second-order valence-electron chi connectivity index (χ2n) is 6.72.